The molecule has 0 amide bonds. The first-order chi connectivity index (χ1) is 10.1. The lowest BCUT2D eigenvalue weighted by Crippen LogP contribution is -2.15. The van der Waals surface area contributed by atoms with Crippen LogP contribution in [0.3, 0.4) is 0 Å². The molecule has 0 aromatic heterocycles. The van der Waals surface area contributed by atoms with E-state index in [4.69, 9.17) is 5.11 Å². The molecule has 0 aliphatic rings. The van der Waals surface area contributed by atoms with Crippen LogP contribution in [-0.4, -0.2) is 22.3 Å². The van der Waals surface area contributed by atoms with E-state index in [-0.39, 0.29) is 12.0 Å². The first-order valence-electron chi connectivity index (χ1n) is 6.80. The molecular weight excluding hydrogens is 264 g/mol. The lowest BCUT2D eigenvalue weighted by Gasteiger charge is -2.14. The summed E-state index contributed by atoms with van der Waals surface area (Å²) in [5, 5.41) is 18.9. The van der Waals surface area contributed by atoms with Crippen LogP contribution in [0.2, 0.25) is 0 Å². The topological polar surface area (TPSA) is 57.5 Å². The number of carboxylic acids is 1. The lowest BCUT2D eigenvalue weighted by atomic mass is 9.94. The average molecular weight is 282 g/mol. The van der Waals surface area contributed by atoms with Crippen LogP contribution in [0, 0.1) is 0 Å². The van der Waals surface area contributed by atoms with Gasteiger partial charge in [0, 0.05) is 12.0 Å². The van der Waals surface area contributed by atoms with Crippen molar-refractivity contribution in [3.05, 3.63) is 72.3 Å². The van der Waals surface area contributed by atoms with Gasteiger partial charge in [-0.1, -0.05) is 61.2 Å². The van der Waals surface area contributed by atoms with Gasteiger partial charge in [0.05, 0.1) is 6.10 Å². The van der Waals surface area contributed by atoms with Gasteiger partial charge in [-0.05, 0) is 23.1 Å². The molecule has 108 valence electrons. The molecule has 21 heavy (non-hydrogen) atoms. The molecule has 2 rings (SSSR count). The third-order valence-electron chi connectivity index (χ3n) is 3.34. The van der Waals surface area contributed by atoms with Gasteiger partial charge in [0.2, 0.25) is 0 Å². The van der Waals surface area contributed by atoms with Gasteiger partial charge < -0.3 is 10.2 Å². The summed E-state index contributed by atoms with van der Waals surface area (Å²) < 4.78 is 0. The highest BCUT2D eigenvalue weighted by Crippen LogP contribution is 2.25. The molecule has 3 nitrogen and oxygen atoms in total. The summed E-state index contributed by atoms with van der Waals surface area (Å²) in [5.41, 5.74) is 3.16. The van der Waals surface area contributed by atoms with Crippen LogP contribution in [0.5, 0.6) is 0 Å². The minimum atomic E-state index is -1.06. The fourth-order valence-electron chi connectivity index (χ4n) is 2.30. The summed E-state index contributed by atoms with van der Waals surface area (Å²) in [7, 11) is 0. The molecule has 0 radical (unpaired) electrons. The Morgan fingerprint density at radius 1 is 1.05 bits per heavy atom. The molecule has 2 aromatic carbocycles. The number of aliphatic carboxylic acids is 1. The van der Waals surface area contributed by atoms with E-state index in [1.807, 2.05) is 54.6 Å². The fraction of sp³-hybridized carbons (Fsp3) is 0.167. The van der Waals surface area contributed by atoms with Crippen molar-refractivity contribution in [1.29, 1.82) is 0 Å². The maximum absolute atomic E-state index is 10.8. The Kier molecular flexibility index (Phi) is 4.90. The van der Waals surface area contributed by atoms with Gasteiger partial charge in [-0.3, -0.25) is 0 Å². The Balaban J connectivity index is 2.18. The Hall–Kier alpha value is -2.39. The Morgan fingerprint density at radius 3 is 2.33 bits per heavy atom. The van der Waals surface area contributed by atoms with Crippen LogP contribution < -0.4 is 0 Å². The largest absolute Gasteiger partial charge is 0.478 e. The van der Waals surface area contributed by atoms with Crippen molar-refractivity contribution in [3.63, 3.8) is 0 Å². The smallest absolute Gasteiger partial charge is 0.331 e. The van der Waals surface area contributed by atoms with Gasteiger partial charge >= 0.3 is 5.97 Å². The number of rotatable bonds is 6. The van der Waals surface area contributed by atoms with Crippen molar-refractivity contribution in [2.24, 2.45) is 0 Å². The second-order valence-electron chi connectivity index (χ2n) is 4.99. The second-order valence-corrected chi connectivity index (χ2v) is 4.99. The third kappa shape index (κ3) is 4.04. The molecule has 1 atom stereocenters. The molecule has 2 aromatic rings. The van der Waals surface area contributed by atoms with Crippen LogP contribution >= 0.6 is 0 Å². The molecule has 0 bridgehead atoms. The van der Waals surface area contributed by atoms with Gasteiger partial charge in [0.15, 0.2) is 0 Å². The summed E-state index contributed by atoms with van der Waals surface area (Å²) in [6, 6.07) is 17.7. The van der Waals surface area contributed by atoms with Gasteiger partial charge in [-0.15, -0.1) is 0 Å². The van der Waals surface area contributed by atoms with Crippen molar-refractivity contribution in [1.82, 2.24) is 0 Å². The van der Waals surface area contributed by atoms with Crippen LogP contribution in [0.15, 0.2) is 66.7 Å². The fourth-order valence-corrected chi connectivity index (χ4v) is 2.30. The van der Waals surface area contributed by atoms with Crippen molar-refractivity contribution < 1.29 is 15.0 Å². The number of aliphatic hydroxyl groups excluding tert-OH is 1. The quantitative estimate of drug-likeness (QED) is 0.799. The second kappa shape index (κ2) is 6.86. The summed E-state index contributed by atoms with van der Waals surface area (Å²) in [5.74, 6) is -1.06. The molecule has 0 spiro atoms. The predicted octanol–water partition coefficient (Wildman–Crippen LogP) is 3.29. The van der Waals surface area contributed by atoms with Crippen LogP contribution in [0.4, 0.5) is 0 Å². The van der Waals surface area contributed by atoms with Gasteiger partial charge in [-0.25, -0.2) is 4.79 Å². The standard InChI is InChI=1S/C18H18O3/c1-13(18(20)21)11-16(19)12-15-9-5-6-10-17(15)14-7-3-2-4-8-14/h2-10,16,19H,1,11-12H2,(H,20,21). The molecule has 0 heterocycles. The lowest BCUT2D eigenvalue weighted by molar-refractivity contribution is -0.133. The highest BCUT2D eigenvalue weighted by Gasteiger charge is 2.14. The predicted molar refractivity (Wildman–Crippen MR) is 83.0 cm³/mol. The van der Waals surface area contributed by atoms with E-state index in [0.29, 0.717) is 6.42 Å². The van der Waals surface area contributed by atoms with Crippen LogP contribution in [-0.2, 0) is 11.2 Å². The number of benzene rings is 2. The zero-order chi connectivity index (χ0) is 15.2. The van der Waals surface area contributed by atoms with E-state index in [1.165, 1.54) is 0 Å². The first-order valence-corrected chi connectivity index (χ1v) is 6.80. The zero-order valence-corrected chi connectivity index (χ0v) is 11.7. The summed E-state index contributed by atoms with van der Waals surface area (Å²) in [6.45, 7) is 3.46. The van der Waals surface area contributed by atoms with E-state index in [2.05, 4.69) is 6.58 Å². The van der Waals surface area contributed by atoms with Crippen LogP contribution in [0.1, 0.15) is 12.0 Å². The maximum Gasteiger partial charge on any atom is 0.331 e. The number of hydrogen-bond donors (Lipinski definition) is 2. The van der Waals surface area contributed by atoms with Gasteiger partial charge in [-0.2, -0.15) is 0 Å². The minimum absolute atomic E-state index is 0.0275. The molecule has 0 aliphatic heterocycles. The van der Waals surface area contributed by atoms with Crippen molar-refractivity contribution in [3.8, 4) is 11.1 Å². The molecular formula is C18H18O3. The van der Waals surface area contributed by atoms with E-state index in [9.17, 15) is 9.90 Å². The molecule has 0 fully saturated rings. The highest BCUT2D eigenvalue weighted by molar-refractivity contribution is 5.85. The van der Waals surface area contributed by atoms with E-state index < -0.39 is 12.1 Å². The Labute approximate surface area is 124 Å². The third-order valence-corrected chi connectivity index (χ3v) is 3.34. The maximum atomic E-state index is 10.8. The van der Waals surface area contributed by atoms with Gasteiger partial charge in [0.25, 0.3) is 0 Å². The summed E-state index contributed by atoms with van der Waals surface area (Å²) >= 11 is 0. The molecule has 0 saturated carbocycles. The molecule has 0 aliphatic carbocycles. The van der Waals surface area contributed by atoms with E-state index >= 15 is 0 Å². The molecule has 1 unspecified atom stereocenters. The Morgan fingerprint density at radius 2 is 1.67 bits per heavy atom. The minimum Gasteiger partial charge on any atom is -0.478 e. The zero-order valence-electron chi connectivity index (χ0n) is 11.7. The van der Waals surface area contributed by atoms with E-state index in [1.54, 1.807) is 0 Å². The monoisotopic (exact) mass is 282 g/mol. The molecule has 0 saturated heterocycles. The van der Waals surface area contributed by atoms with Crippen LogP contribution in [0.25, 0.3) is 11.1 Å². The Bertz CT molecular complexity index is 632. The first kappa shape index (κ1) is 15.0. The van der Waals surface area contributed by atoms with Crippen molar-refractivity contribution in [2.45, 2.75) is 18.9 Å². The SMILES string of the molecule is C=C(CC(O)Cc1ccccc1-c1ccccc1)C(=O)O. The van der Waals surface area contributed by atoms with Crippen molar-refractivity contribution in [2.75, 3.05) is 0 Å². The molecule has 2 N–H and O–H groups in total. The van der Waals surface area contributed by atoms with Crippen molar-refractivity contribution >= 4 is 5.97 Å². The normalized spacial score (nSPS) is 11.9. The summed E-state index contributed by atoms with van der Waals surface area (Å²) in [6.07, 6.45) is -0.283. The average Bonchev–Trinajstić information content (AvgIpc) is 2.48. The highest BCUT2D eigenvalue weighted by atomic mass is 16.4. The number of carboxylic acid groups (broad SMARTS) is 1. The van der Waals surface area contributed by atoms with Gasteiger partial charge in [0.1, 0.15) is 0 Å². The van der Waals surface area contributed by atoms with E-state index in [0.717, 1.165) is 16.7 Å². The molecule has 3 heteroatoms. The number of carbonyl (C=O) groups is 1. The number of aliphatic hydroxyl groups is 1. The summed E-state index contributed by atoms with van der Waals surface area (Å²) in [4.78, 5) is 10.8. The number of hydrogen-bond acceptors (Lipinski definition) is 2.